The zero-order chi connectivity index (χ0) is 12.7. The maximum Gasteiger partial charge on any atom is 0.153 e. The Hall–Kier alpha value is -1.26. The molecular formula is C16H22O. The monoisotopic (exact) mass is 230 g/mol. The first-order valence-corrected chi connectivity index (χ1v) is 6.39. The van der Waals surface area contributed by atoms with Crippen LogP contribution in [-0.2, 0) is 5.60 Å². The number of hydrogen-bond acceptors (Lipinski definition) is 1. The third kappa shape index (κ3) is 3.61. The van der Waals surface area contributed by atoms with Crippen molar-refractivity contribution in [3.8, 4) is 11.8 Å². The Balaban J connectivity index is 2.93. The quantitative estimate of drug-likeness (QED) is 0.617. The molecule has 0 saturated carbocycles. The molecule has 0 aliphatic rings. The van der Waals surface area contributed by atoms with Crippen LogP contribution in [0.2, 0.25) is 0 Å². The number of unbranched alkanes of at least 4 members (excludes halogenated alkanes) is 2. The van der Waals surface area contributed by atoms with Crippen molar-refractivity contribution in [3.63, 3.8) is 0 Å². The molecule has 1 aromatic carbocycles. The molecule has 0 aliphatic carbocycles. The topological polar surface area (TPSA) is 20.2 Å². The van der Waals surface area contributed by atoms with Crippen molar-refractivity contribution >= 4 is 0 Å². The lowest BCUT2D eigenvalue weighted by Gasteiger charge is -2.27. The van der Waals surface area contributed by atoms with Gasteiger partial charge in [-0.2, -0.15) is 0 Å². The number of rotatable bonds is 4. The van der Waals surface area contributed by atoms with Gasteiger partial charge in [0.05, 0.1) is 0 Å². The highest BCUT2D eigenvalue weighted by Crippen LogP contribution is 2.28. The van der Waals surface area contributed by atoms with Crippen molar-refractivity contribution in [2.45, 2.75) is 45.6 Å². The molecule has 1 atom stereocenters. The van der Waals surface area contributed by atoms with E-state index in [9.17, 15) is 5.11 Å². The maximum atomic E-state index is 10.7. The van der Waals surface area contributed by atoms with E-state index in [-0.39, 0.29) is 5.92 Å². The van der Waals surface area contributed by atoms with E-state index in [2.05, 4.69) is 18.8 Å². The number of benzene rings is 1. The normalized spacial score (nSPS) is 13.9. The van der Waals surface area contributed by atoms with Crippen LogP contribution < -0.4 is 0 Å². The summed E-state index contributed by atoms with van der Waals surface area (Å²) in [5.41, 5.74) is -0.131. The molecule has 0 bridgehead atoms. The Morgan fingerprint density at radius 1 is 1.24 bits per heavy atom. The summed E-state index contributed by atoms with van der Waals surface area (Å²) in [6, 6.07) is 9.71. The van der Waals surface area contributed by atoms with Crippen LogP contribution in [0, 0.1) is 17.8 Å². The minimum atomic E-state index is -1.02. The minimum Gasteiger partial charge on any atom is -0.373 e. The maximum absolute atomic E-state index is 10.7. The van der Waals surface area contributed by atoms with Gasteiger partial charge in [-0.15, -0.1) is 0 Å². The Labute approximate surface area is 105 Å². The smallest absolute Gasteiger partial charge is 0.153 e. The molecule has 1 heteroatoms. The average Bonchev–Trinajstić information content (AvgIpc) is 2.35. The molecule has 92 valence electrons. The zero-order valence-electron chi connectivity index (χ0n) is 11.0. The summed E-state index contributed by atoms with van der Waals surface area (Å²) in [6.45, 7) is 6.15. The van der Waals surface area contributed by atoms with Crippen molar-refractivity contribution in [1.82, 2.24) is 0 Å². The van der Waals surface area contributed by atoms with E-state index in [4.69, 9.17) is 0 Å². The summed E-state index contributed by atoms with van der Waals surface area (Å²) in [5.74, 6) is 6.24. The van der Waals surface area contributed by atoms with E-state index in [0.717, 1.165) is 24.8 Å². The Bertz CT molecular complexity index is 383. The first-order valence-electron chi connectivity index (χ1n) is 6.39. The lowest BCUT2D eigenvalue weighted by atomic mass is 9.84. The average molecular weight is 230 g/mol. The van der Waals surface area contributed by atoms with Gasteiger partial charge in [0.15, 0.2) is 5.60 Å². The lowest BCUT2D eigenvalue weighted by molar-refractivity contribution is 0.0502. The van der Waals surface area contributed by atoms with E-state index in [1.165, 1.54) is 0 Å². The third-order valence-electron chi connectivity index (χ3n) is 2.98. The van der Waals surface area contributed by atoms with Crippen LogP contribution in [0.1, 0.15) is 45.6 Å². The molecule has 1 aromatic rings. The first-order chi connectivity index (χ1) is 8.11. The van der Waals surface area contributed by atoms with Crippen LogP contribution in [0.25, 0.3) is 0 Å². The van der Waals surface area contributed by atoms with Crippen molar-refractivity contribution in [2.75, 3.05) is 0 Å². The highest BCUT2D eigenvalue weighted by Gasteiger charge is 2.30. The van der Waals surface area contributed by atoms with Gasteiger partial charge in [-0.25, -0.2) is 0 Å². The fourth-order valence-electron chi connectivity index (χ4n) is 1.70. The van der Waals surface area contributed by atoms with Crippen LogP contribution in [0.5, 0.6) is 0 Å². The van der Waals surface area contributed by atoms with Crippen molar-refractivity contribution in [3.05, 3.63) is 35.9 Å². The van der Waals surface area contributed by atoms with Crippen molar-refractivity contribution in [2.24, 2.45) is 5.92 Å². The number of hydrogen-bond donors (Lipinski definition) is 1. The van der Waals surface area contributed by atoms with Gasteiger partial charge in [0.25, 0.3) is 0 Å². The Kier molecular flexibility index (Phi) is 5.25. The summed E-state index contributed by atoms with van der Waals surface area (Å²) < 4.78 is 0. The minimum absolute atomic E-state index is 0.0824. The molecule has 1 unspecified atom stereocenters. The summed E-state index contributed by atoms with van der Waals surface area (Å²) in [4.78, 5) is 0. The molecule has 0 fully saturated rings. The van der Waals surface area contributed by atoms with Crippen LogP contribution in [0.3, 0.4) is 0 Å². The second kappa shape index (κ2) is 6.47. The van der Waals surface area contributed by atoms with Crippen LogP contribution in [0.15, 0.2) is 30.3 Å². The van der Waals surface area contributed by atoms with Gasteiger partial charge in [0, 0.05) is 6.42 Å². The second-order valence-corrected chi connectivity index (χ2v) is 4.69. The predicted octanol–water partition coefficient (Wildman–Crippen LogP) is 3.72. The molecule has 1 nitrogen and oxygen atoms in total. The molecule has 0 spiro atoms. The van der Waals surface area contributed by atoms with Crippen molar-refractivity contribution < 1.29 is 5.11 Å². The molecule has 0 aliphatic heterocycles. The molecule has 17 heavy (non-hydrogen) atoms. The summed E-state index contributed by atoms with van der Waals surface area (Å²) >= 11 is 0. The van der Waals surface area contributed by atoms with Gasteiger partial charge in [-0.05, 0) is 17.9 Å². The molecule has 0 saturated heterocycles. The largest absolute Gasteiger partial charge is 0.373 e. The van der Waals surface area contributed by atoms with Crippen LogP contribution in [0.4, 0.5) is 0 Å². The van der Waals surface area contributed by atoms with E-state index in [0.29, 0.717) is 0 Å². The van der Waals surface area contributed by atoms with E-state index < -0.39 is 5.60 Å². The standard InChI is InChI=1S/C16H22O/c1-4-5-6-10-13-16(17,14(2)3)15-11-8-7-9-12-15/h7-9,11-12,14,17H,4-6H2,1-3H3. The molecule has 0 amide bonds. The summed E-state index contributed by atoms with van der Waals surface area (Å²) in [5, 5.41) is 10.7. The van der Waals surface area contributed by atoms with Gasteiger partial charge in [0.2, 0.25) is 0 Å². The highest BCUT2D eigenvalue weighted by molar-refractivity contribution is 5.32. The molecular weight excluding hydrogens is 208 g/mol. The number of aliphatic hydroxyl groups is 1. The second-order valence-electron chi connectivity index (χ2n) is 4.69. The Morgan fingerprint density at radius 3 is 2.41 bits per heavy atom. The molecule has 1 N–H and O–H groups in total. The molecule has 0 heterocycles. The van der Waals surface area contributed by atoms with Gasteiger partial charge in [0.1, 0.15) is 0 Å². The molecule has 0 aromatic heterocycles. The highest BCUT2D eigenvalue weighted by atomic mass is 16.3. The fourth-order valence-corrected chi connectivity index (χ4v) is 1.70. The Morgan fingerprint density at radius 2 is 1.88 bits per heavy atom. The van der Waals surface area contributed by atoms with Gasteiger partial charge in [-0.1, -0.05) is 69.4 Å². The van der Waals surface area contributed by atoms with E-state index in [1.807, 2.05) is 44.2 Å². The summed E-state index contributed by atoms with van der Waals surface area (Å²) in [7, 11) is 0. The van der Waals surface area contributed by atoms with Crippen LogP contribution >= 0.6 is 0 Å². The summed E-state index contributed by atoms with van der Waals surface area (Å²) in [6.07, 6.45) is 3.09. The van der Waals surface area contributed by atoms with Gasteiger partial charge in [-0.3, -0.25) is 0 Å². The SMILES string of the molecule is CCCCC#CC(O)(c1ccccc1)C(C)C. The fraction of sp³-hybridized carbons (Fsp3) is 0.500. The van der Waals surface area contributed by atoms with Gasteiger partial charge >= 0.3 is 0 Å². The van der Waals surface area contributed by atoms with Crippen LogP contribution in [-0.4, -0.2) is 5.11 Å². The zero-order valence-corrected chi connectivity index (χ0v) is 11.0. The predicted molar refractivity (Wildman–Crippen MR) is 72.5 cm³/mol. The first kappa shape index (κ1) is 13.8. The third-order valence-corrected chi connectivity index (χ3v) is 2.98. The lowest BCUT2D eigenvalue weighted by Crippen LogP contribution is -2.30. The van der Waals surface area contributed by atoms with E-state index >= 15 is 0 Å². The van der Waals surface area contributed by atoms with E-state index in [1.54, 1.807) is 0 Å². The van der Waals surface area contributed by atoms with Crippen molar-refractivity contribution in [1.29, 1.82) is 0 Å². The molecule has 0 radical (unpaired) electrons. The molecule has 1 rings (SSSR count). The van der Waals surface area contributed by atoms with Gasteiger partial charge < -0.3 is 5.11 Å².